The molecule has 3 heterocycles. The minimum Gasteiger partial charge on any atom is -0.467 e. The third-order valence-corrected chi connectivity index (χ3v) is 4.84. The molecule has 108 valence electrons. The third kappa shape index (κ3) is 3.44. The Hall–Kier alpha value is -0.810. The molecule has 1 N–H and O–H groups in total. The lowest BCUT2D eigenvalue weighted by molar-refractivity contribution is 0.103. The number of hydrogen-bond acceptors (Lipinski definition) is 4. The molecule has 0 radical (unpaired) electrons. The van der Waals surface area contributed by atoms with E-state index in [-0.39, 0.29) is 6.04 Å². The Kier molecular flexibility index (Phi) is 4.78. The van der Waals surface area contributed by atoms with Crippen molar-refractivity contribution in [3.05, 3.63) is 45.5 Å². The summed E-state index contributed by atoms with van der Waals surface area (Å²) in [6.07, 6.45) is 5.52. The molecule has 2 unspecified atom stereocenters. The van der Waals surface area contributed by atoms with Crippen molar-refractivity contribution in [1.82, 2.24) is 5.32 Å². The molecule has 0 spiro atoms. The number of ether oxygens (including phenoxy) is 1. The number of halogens is 1. The summed E-state index contributed by atoms with van der Waals surface area (Å²) in [6, 6.07) is 7.97. The van der Waals surface area contributed by atoms with Gasteiger partial charge in [-0.05, 0) is 50.1 Å². The fourth-order valence-electron chi connectivity index (χ4n) is 2.54. The van der Waals surface area contributed by atoms with E-state index in [4.69, 9.17) is 20.8 Å². The first-order chi connectivity index (χ1) is 9.83. The third-order valence-electron chi connectivity index (χ3n) is 3.54. The second kappa shape index (κ2) is 6.76. The van der Waals surface area contributed by atoms with E-state index in [0.29, 0.717) is 6.10 Å². The number of nitrogens with one attached hydrogen (secondary N) is 1. The van der Waals surface area contributed by atoms with Gasteiger partial charge in [0, 0.05) is 11.5 Å². The van der Waals surface area contributed by atoms with Crippen LogP contribution in [0.1, 0.15) is 35.9 Å². The highest BCUT2D eigenvalue weighted by Crippen LogP contribution is 2.31. The maximum absolute atomic E-state index is 6.04. The molecule has 1 saturated heterocycles. The zero-order valence-corrected chi connectivity index (χ0v) is 12.8. The zero-order valence-electron chi connectivity index (χ0n) is 11.2. The molecule has 5 heteroatoms. The molecule has 2 aromatic rings. The Morgan fingerprint density at radius 2 is 2.35 bits per heavy atom. The molecular formula is C15H18ClNO2S. The van der Waals surface area contributed by atoms with E-state index in [1.165, 1.54) is 17.7 Å². The summed E-state index contributed by atoms with van der Waals surface area (Å²) in [5, 5.41) is 3.56. The van der Waals surface area contributed by atoms with Crippen LogP contribution in [0.15, 0.2) is 34.9 Å². The van der Waals surface area contributed by atoms with Crippen molar-refractivity contribution in [2.24, 2.45) is 0 Å². The average Bonchev–Trinajstić information content (AvgIpc) is 3.17. The van der Waals surface area contributed by atoms with E-state index in [1.54, 1.807) is 17.6 Å². The molecule has 0 aromatic carbocycles. The van der Waals surface area contributed by atoms with Gasteiger partial charge in [-0.3, -0.25) is 0 Å². The average molecular weight is 312 g/mol. The van der Waals surface area contributed by atoms with Gasteiger partial charge in [0.1, 0.15) is 11.8 Å². The highest BCUT2D eigenvalue weighted by atomic mass is 35.5. The first kappa shape index (κ1) is 14.1. The van der Waals surface area contributed by atoms with Crippen molar-refractivity contribution < 1.29 is 9.15 Å². The predicted octanol–water partition coefficient (Wildman–Crippen LogP) is 4.24. The molecule has 0 bridgehead atoms. The minimum absolute atomic E-state index is 0.0731. The standard InChI is InChI=1S/C15H18ClNO2S/c16-14-6-5-13(20-14)15(12-4-2-10-19-12)17-8-7-11-3-1-9-18-11/h2,4-6,10-11,15,17H,1,3,7-9H2. The number of thiophene rings is 1. The van der Waals surface area contributed by atoms with Crippen LogP contribution in [-0.2, 0) is 4.74 Å². The Balaban J connectivity index is 1.63. The van der Waals surface area contributed by atoms with Gasteiger partial charge in [0.05, 0.1) is 16.7 Å². The number of hydrogen-bond donors (Lipinski definition) is 1. The fraction of sp³-hybridized carbons (Fsp3) is 0.467. The molecule has 0 saturated carbocycles. The van der Waals surface area contributed by atoms with Crippen molar-refractivity contribution in [3.8, 4) is 0 Å². The van der Waals surface area contributed by atoms with E-state index in [9.17, 15) is 0 Å². The lowest BCUT2D eigenvalue weighted by atomic mass is 10.1. The second-order valence-electron chi connectivity index (χ2n) is 4.97. The quantitative estimate of drug-likeness (QED) is 0.866. The van der Waals surface area contributed by atoms with Crippen LogP contribution in [0.25, 0.3) is 0 Å². The summed E-state index contributed by atoms with van der Waals surface area (Å²) in [5.74, 6) is 0.927. The Morgan fingerprint density at radius 1 is 1.40 bits per heavy atom. The van der Waals surface area contributed by atoms with Crippen LogP contribution in [0.3, 0.4) is 0 Å². The van der Waals surface area contributed by atoms with Crippen molar-refractivity contribution in [3.63, 3.8) is 0 Å². The van der Waals surface area contributed by atoms with Gasteiger partial charge in [-0.25, -0.2) is 0 Å². The molecular weight excluding hydrogens is 294 g/mol. The van der Waals surface area contributed by atoms with Crippen molar-refractivity contribution in [2.75, 3.05) is 13.2 Å². The lowest BCUT2D eigenvalue weighted by Crippen LogP contribution is -2.25. The summed E-state index contributed by atoms with van der Waals surface area (Å²) >= 11 is 7.63. The van der Waals surface area contributed by atoms with Gasteiger partial charge in [0.25, 0.3) is 0 Å². The lowest BCUT2D eigenvalue weighted by Gasteiger charge is -2.17. The van der Waals surface area contributed by atoms with Crippen LogP contribution in [0, 0.1) is 0 Å². The van der Waals surface area contributed by atoms with Crippen molar-refractivity contribution >= 4 is 22.9 Å². The number of rotatable bonds is 6. The molecule has 0 aliphatic carbocycles. The van der Waals surface area contributed by atoms with Gasteiger partial charge in [-0.1, -0.05) is 11.6 Å². The van der Waals surface area contributed by atoms with Crippen LogP contribution in [0.5, 0.6) is 0 Å². The largest absolute Gasteiger partial charge is 0.467 e. The van der Waals surface area contributed by atoms with E-state index in [0.717, 1.165) is 29.7 Å². The fourth-order valence-corrected chi connectivity index (χ4v) is 3.69. The predicted molar refractivity (Wildman–Crippen MR) is 81.5 cm³/mol. The summed E-state index contributed by atoms with van der Waals surface area (Å²) in [7, 11) is 0. The van der Waals surface area contributed by atoms with E-state index in [2.05, 4.69) is 11.4 Å². The maximum atomic E-state index is 6.04. The van der Waals surface area contributed by atoms with Gasteiger partial charge in [-0.2, -0.15) is 0 Å². The molecule has 20 heavy (non-hydrogen) atoms. The van der Waals surface area contributed by atoms with Crippen molar-refractivity contribution in [2.45, 2.75) is 31.4 Å². The van der Waals surface area contributed by atoms with E-state index in [1.807, 2.05) is 18.2 Å². The molecule has 3 rings (SSSR count). The summed E-state index contributed by atoms with van der Waals surface area (Å²) in [5.41, 5.74) is 0. The second-order valence-corrected chi connectivity index (χ2v) is 6.71. The molecule has 1 fully saturated rings. The monoisotopic (exact) mass is 311 g/mol. The Bertz CT molecular complexity index is 520. The topological polar surface area (TPSA) is 34.4 Å². The maximum Gasteiger partial charge on any atom is 0.126 e. The molecule has 3 nitrogen and oxygen atoms in total. The first-order valence-corrected chi connectivity index (χ1v) is 8.16. The highest BCUT2D eigenvalue weighted by Gasteiger charge is 2.20. The summed E-state index contributed by atoms with van der Waals surface area (Å²) in [4.78, 5) is 1.18. The Labute approximate surface area is 127 Å². The highest BCUT2D eigenvalue weighted by molar-refractivity contribution is 7.16. The van der Waals surface area contributed by atoms with Gasteiger partial charge >= 0.3 is 0 Å². The van der Waals surface area contributed by atoms with Crippen LogP contribution < -0.4 is 5.32 Å². The summed E-state index contributed by atoms with van der Waals surface area (Å²) in [6.45, 7) is 1.82. The molecule has 0 amide bonds. The molecule has 1 aliphatic heterocycles. The zero-order chi connectivity index (χ0) is 13.8. The van der Waals surface area contributed by atoms with Gasteiger partial charge in [-0.15, -0.1) is 11.3 Å². The normalized spacial score (nSPS) is 20.4. The SMILES string of the molecule is Clc1ccc(C(NCCC2CCCO2)c2ccco2)s1. The molecule has 1 aliphatic rings. The minimum atomic E-state index is 0.0731. The van der Waals surface area contributed by atoms with Crippen LogP contribution in [0.4, 0.5) is 0 Å². The molecule has 2 atom stereocenters. The van der Waals surface area contributed by atoms with Gasteiger partial charge < -0.3 is 14.5 Å². The van der Waals surface area contributed by atoms with Crippen molar-refractivity contribution in [1.29, 1.82) is 0 Å². The van der Waals surface area contributed by atoms with Crippen LogP contribution in [-0.4, -0.2) is 19.3 Å². The smallest absolute Gasteiger partial charge is 0.126 e. The van der Waals surface area contributed by atoms with Crippen LogP contribution >= 0.6 is 22.9 Å². The first-order valence-electron chi connectivity index (χ1n) is 6.96. The van der Waals surface area contributed by atoms with Crippen LogP contribution in [0.2, 0.25) is 4.34 Å². The number of furan rings is 1. The van der Waals surface area contributed by atoms with Gasteiger partial charge in [0.2, 0.25) is 0 Å². The summed E-state index contributed by atoms with van der Waals surface area (Å²) < 4.78 is 12.0. The Morgan fingerprint density at radius 3 is 3.00 bits per heavy atom. The van der Waals surface area contributed by atoms with Gasteiger partial charge in [0.15, 0.2) is 0 Å². The molecule has 2 aromatic heterocycles. The van der Waals surface area contributed by atoms with E-state index >= 15 is 0 Å². The van der Waals surface area contributed by atoms with E-state index < -0.39 is 0 Å².